The Morgan fingerprint density at radius 3 is 2.65 bits per heavy atom. The Hall–Kier alpha value is -2.16. The molecule has 0 atom stereocenters. The molecule has 0 saturated carbocycles. The van der Waals surface area contributed by atoms with Crippen LogP contribution in [0.15, 0.2) is 24.4 Å². The zero-order chi connectivity index (χ0) is 18.0. The first-order valence-corrected chi connectivity index (χ1v) is 9.03. The zero-order valence-corrected chi connectivity index (χ0v) is 14.7. The number of aromatic nitrogens is 2. The van der Waals surface area contributed by atoms with Gasteiger partial charge in [0, 0.05) is 32.5 Å². The average molecular weight is 360 g/mol. The van der Waals surface area contributed by atoms with Gasteiger partial charge in [-0.05, 0) is 25.0 Å². The van der Waals surface area contributed by atoms with Crippen LogP contribution in [0, 0.1) is 0 Å². The molecule has 26 heavy (non-hydrogen) atoms. The van der Waals surface area contributed by atoms with Crippen LogP contribution in [0.3, 0.4) is 0 Å². The van der Waals surface area contributed by atoms with E-state index in [9.17, 15) is 9.90 Å². The van der Waals surface area contributed by atoms with Gasteiger partial charge in [-0.15, -0.1) is 0 Å². The first kappa shape index (κ1) is 17.3. The number of nitrogens with zero attached hydrogens (tertiary/aromatic N) is 3. The highest BCUT2D eigenvalue weighted by Gasteiger charge is 2.35. The third-order valence-electron chi connectivity index (χ3n) is 5.17. The van der Waals surface area contributed by atoms with Gasteiger partial charge in [0.1, 0.15) is 0 Å². The standard InChI is InChI=1S/C18H24N4O4/c23-13-18(4-9-25-10-5-18)20-16(24)15-14-3-1-2-6-22(14)17(19-15)21-7-11-26-12-8-21/h1-3,6,23H,4-5,7-13H2,(H,20,24). The number of anilines is 1. The van der Waals surface area contributed by atoms with E-state index in [1.807, 2.05) is 28.8 Å². The normalized spacial score (nSPS) is 20.3. The summed E-state index contributed by atoms with van der Waals surface area (Å²) < 4.78 is 12.7. The predicted molar refractivity (Wildman–Crippen MR) is 95.6 cm³/mol. The molecular formula is C18H24N4O4. The first-order valence-electron chi connectivity index (χ1n) is 9.03. The van der Waals surface area contributed by atoms with Crippen LogP contribution in [0.2, 0.25) is 0 Å². The van der Waals surface area contributed by atoms with Crippen molar-refractivity contribution in [2.45, 2.75) is 18.4 Å². The van der Waals surface area contributed by atoms with Gasteiger partial charge in [0.25, 0.3) is 5.91 Å². The number of pyridine rings is 1. The van der Waals surface area contributed by atoms with E-state index in [1.165, 1.54) is 0 Å². The highest BCUT2D eigenvalue weighted by molar-refractivity contribution is 6.00. The second-order valence-electron chi connectivity index (χ2n) is 6.82. The summed E-state index contributed by atoms with van der Waals surface area (Å²) in [6, 6.07) is 5.71. The largest absolute Gasteiger partial charge is 0.394 e. The second-order valence-corrected chi connectivity index (χ2v) is 6.82. The monoisotopic (exact) mass is 360 g/mol. The molecule has 2 aliphatic heterocycles. The number of amides is 1. The maximum Gasteiger partial charge on any atom is 0.272 e. The van der Waals surface area contributed by atoms with Gasteiger partial charge in [-0.1, -0.05) is 6.07 Å². The van der Waals surface area contributed by atoms with Gasteiger partial charge in [-0.25, -0.2) is 4.98 Å². The third kappa shape index (κ3) is 3.15. The Balaban J connectivity index is 1.66. The van der Waals surface area contributed by atoms with Crippen LogP contribution in [0.25, 0.3) is 5.52 Å². The van der Waals surface area contributed by atoms with Crippen molar-refractivity contribution in [2.75, 3.05) is 51.0 Å². The summed E-state index contributed by atoms with van der Waals surface area (Å²) in [7, 11) is 0. The summed E-state index contributed by atoms with van der Waals surface area (Å²) in [5.74, 6) is 0.489. The van der Waals surface area contributed by atoms with Crippen molar-refractivity contribution < 1.29 is 19.4 Å². The van der Waals surface area contributed by atoms with Crippen molar-refractivity contribution in [2.24, 2.45) is 0 Å². The fourth-order valence-electron chi connectivity index (χ4n) is 3.56. The quantitative estimate of drug-likeness (QED) is 0.823. The maximum atomic E-state index is 13.0. The molecular weight excluding hydrogens is 336 g/mol. The third-order valence-corrected chi connectivity index (χ3v) is 5.17. The smallest absolute Gasteiger partial charge is 0.272 e. The zero-order valence-electron chi connectivity index (χ0n) is 14.7. The molecule has 0 unspecified atom stereocenters. The molecule has 140 valence electrons. The van der Waals surface area contributed by atoms with Crippen LogP contribution in [0.4, 0.5) is 5.95 Å². The fourth-order valence-corrected chi connectivity index (χ4v) is 3.56. The maximum absolute atomic E-state index is 13.0. The molecule has 2 fully saturated rings. The molecule has 0 aliphatic carbocycles. The Bertz CT molecular complexity index is 779. The van der Waals surface area contributed by atoms with E-state index in [0.29, 0.717) is 45.0 Å². The molecule has 2 saturated heterocycles. The van der Waals surface area contributed by atoms with Gasteiger partial charge >= 0.3 is 0 Å². The van der Waals surface area contributed by atoms with Crippen molar-refractivity contribution in [3.05, 3.63) is 30.1 Å². The molecule has 0 spiro atoms. The van der Waals surface area contributed by atoms with Crippen molar-refractivity contribution in [1.29, 1.82) is 0 Å². The molecule has 8 heteroatoms. The molecule has 2 N–H and O–H groups in total. The number of imidazole rings is 1. The summed E-state index contributed by atoms with van der Waals surface area (Å²) in [4.78, 5) is 19.8. The minimum absolute atomic E-state index is 0.107. The Kier molecular flexibility index (Phi) is 4.80. The van der Waals surface area contributed by atoms with Crippen molar-refractivity contribution in [1.82, 2.24) is 14.7 Å². The number of nitrogens with one attached hydrogen (secondary N) is 1. The molecule has 0 bridgehead atoms. The number of hydrogen-bond donors (Lipinski definition) is 2. The van der Waals surface area contributed by atoms with Gasteiger partial charge in [-0.2, -0.15) is 0 Å². The average Bonchev–Trinajstić information content (AvgIpc) is 3.09. The molecule has 2 aromatic heterocycles. The van der Waals surface area contributed by atoms with Crippen molar-refractivity contribution in [3.8, 4) is 0 Å². The number of carbonyl (C=O) groups is 1. The number of aliphatic hydroxyl groups is 1. The van der Waals surface area contributed by atoms with Crippen LogP contribution in [0.1, 0.15) is 23.3 Å². The van der Waals surface area contributed by atoms with E-state index in [1.54, 1.807) is 0 Å². The fraction of sp³-hybridized carbons (Fsp3) is 0.556. The van der Waals surface area contributed by atoms with E-state index >= 15 is 0 Å². The van der Waals surface area contributed by atoms with E-state index in [-0.39, 0.29) is 12.5 Å². The highest BCUT2D eigenvalue weighted by Crippen LogP contribution is 2.24. The van der Waals surface area contributed by atoms with Crippen LogP contribution < -0.4 is 10.2 Å². The summed E-state index contributed by atoms with van der Waals surface area (Å²) in [6.07, 6.45) is 3.11. The number of hydrogen-bond acceptors (Lipinski definition) is 6. The van der Waals surface area contributed by atoms with Gasteiger partial charge in [0.2, 0.25) is 5.95 Å². The Labute approximate surface area is 151 Å². The lowest BCUT2D eigenvalue weighted by Gasteiger charge is -2.36. The Morgan fingerprint density at radius 2 is 1.92 bits per heavy atom. The van der Waals surface area contributed by atoms with Crippen LogP contribution in [0.5, 0.6) is 0 Å². The number of aliphatic hydroxyl groups excluding tert-OH is 1. The van der Waals surface area contributed by atoms with Gasteiger partial charge in [0.05, 0.1) is 30.9 Å². The summed E-state index contributed by atoms with van der Waals surface area (Å²) in [5, 5.41) is 12.9. The molecule has 2 aromatic rings. The summed E-state index contributed by atoms with van der Waals surface area (Å²) >= 11 is 0. The summed E-state index contributed by atoms with van der Waals surface area (Å²) in [6.45, 7) is 3.74. The molecule has 8 nitrogen and oxygen atoms in total. The van der Waals surface area contributed by atoms with Gasteiger partial charge in [-0.3, -0.25) is 9.20 Å². The SMILES string of the molecule is O=C(NC1(CO)CCOCC1)c1nc(N2CCOCC2)n2ccccc12. The Morgan fingerprint density at radius 1 is 1.19 bits per heavy atom. The lowest BCUT2D eigenvalue weighted by Crippen LogP contribution is -2.54. The van der Waals surface area contributed by atoms with Gasteiger partial charge in [0.15, 0.2) is 5.69 Å². The van der Waals surface area contributed by atoms with Crippen LogP contribution in [-0.2, 0) is 9.47 Å². The molecule has 0 aromatic carbocycles. The lowest BCUT2D eigenvalue weighted by atomic mass is 9.91. The van der Waals surface area contributed by atoms with Crippen LogP contribution >= 0.6 is 0 Å². The minimum atomic E-state index is -0.640. The lowest BCUT2D eigenvalue weighted by molar-refractivity contribution is 0.0125. The van der Waals surface area contributed by atoms with E-state index in [2.05, 4.69) is 15.2 Å². The van der Waals surface area contributed by atoms with Crippen LogP contribution in [-0.4, -0.2) is 72.1 Å². The molecule has 1 amide bonds. The van der Waals surface area contributed by atoms with E-state index < -0.39 is 5.54 Å². The topological polar surface area (TPSA) is 88.3 Å². The predicted octanol–water partition coefficient (Wildman–Crippen LogP) is 0.442. The first-order chi connectivity index (χ1) is 12.7. The van der Waals surface area contributed by atoms with Crippen molar-refractivity contribution >= 4 is 17.4 Å². The highest BCUT2D eigenvalue weighted by atomic mass is 16.5. The summed E-state index contributed by atoms with van der Waals surface area (Å²) in [5.41, 5.74) is 0.497. The number of morpholine rings is 1. The van der Waals surface area contributed by atoms with E-state index in [0.717, 1.165) is 24.6 Å². The number of carbonyl (C=O) groups excluding carboxylic acids is 1. The molecule has 0 radical (unpaired) electrons. The molecule has 4 heterocycles. The second kappa shape index (κ2) is 7.22. The number of rotatable bonds is 4. The van der Waals surface area contributed by atoms with E-state index in [4.69, 9.17) is 9.47 Å². The van der Waals surface area contributed by atoms with Gasteiger partial charge < -0.3 is 24.8 Å². The number of ether oxygens (including phenoxy) is 2. The molecule has 2 aliphatic rings. The van der Waals surface area contributed by atoms with Crippen molar-refractivity contribution in [3.63, 3.8) is 0 Å². The minimum Gasteiger partial charge on any atom is -0.394 e. The number of fused-ring (bicyclic) bond motifs is 1. The molecule has 4 rings (SSSR count).